The Hall–Kier alpha value is -3.27. The second kappa shape index (κ2) is 14.1. The fourth-order valence-corrected chi connectivity index (χ4v) is 6.34. The van der Waals surface area contributed by atoms with Gasteiger partial charge in [-0.3, -0.25) is 13.9 Å². The molecule has 220 valence electrons. The Morgan fingerprint density at radius 2 is 1.61 bits per heavy atom. The minimum Gasteiger partial charge on any atom is -0.495 e. The van der Waals surface area contributed by atoms with Crippen molar-refractivity contribution in [2.45, 2.75) is 57.6 Å². The average molecular weight is 621 g/mol. The number of benzene rings is 3. The summed E-state index contributed by atoms with van der Waals surface area (Å²) >= 11 is 12.9. The predicted molar refractivity (Wildman–Crippen MR) is 163 cm³/mol. The summed E-state index contributed by atoms with van der Waals surface area (Å²) in [6, 6.07) is 16.8. The summed E-state index contributed by atoms with van der Waals surface area (Å²) in [4.78, 5) is 28.8. The predicted octanol–water partition coefficient (Wildman–Crippen LogP) is 5.84. The Morgan fingerprint density at radius 3 is 2.17 bits per heavy atom. The lowest BCUT2D eigenvalue weighted by Gasteiger charge is -2.34. The molecule has 0 aliphatic carbocycles. The van der Waals surface area contributed by atoms with Gasteiger partial charge in [-0.2, -0.15) is 0 Å². The molecule has 1 N–H and O–H groups in total. The molecule has 3 rings (SSSR count). The van der Waals surface area contributed by atoms with Gasteiger partial charge < -0.3 is 15.0 Å². The topological polar surface area (TPSA) is 96.0 Å². The third-order valence-corrected chi connectivity index (χ3v) is 8.90. The van der Waals surface area contributed by atoms with Gasteiger partial charge in [-0.05, 0) is 69.2 Å². The SMILES string of the molecule is CCC(C(=O)NC(C)C)N(Cc1c(Cl)cccc1Cl)C(=O)CN(c1cc(C)ccc1OC)S(=O)(=O)c1ccccc1. The number of hydrogen-bond acceptors (Lipinski definition) is 5. The van der Waals surface area contributed by atoms with Crippen molar-refractivity contribution in [1.29, 1.82) is 0 Å². The van der Waals surface area contributed by atoms with Gasteiger partial charge in [0.25, 0.3) is 10.0 Å². The fraction of sp³-hybridized carbons (Fsp3) is 0.333. The highest BCUT2D eigenvalue weighted by atomic mass is 35.5. The number of anilines is 1. The van der Waals surface area contributed by atoms with Crippen molar-refractivity contribution in [3.63, 3.8) is 0 Å². The zero-order valence-electron chi connectivity index (χ0n) is 23.7. The summed E-state index contributed by atoms with van der Waals surface area (Å²) in [6.45, 7) is 6.52. The van der Waals surface area contributed by atoms with Crippen LogP contribution in [-0.2, 0) is 26.2 Å². The van der Waals surface area contributed by atoms with Crippen LogP contribution in [-0.4, -0.2) is 50.9 Å². The number of ether oxygens (including phenoxy) is 1. The quantitative estimate of drug-likeness (QED) is 0.275. The molecule has 1 unspecified atom stereocenters. The molecule has 2 amide bonds. The molecule has 0 aromatic heterocycles. The lowest BCUT2D eigenvalue weighted by molar-refractivity contribution is -0.140. The zero-order valence-corrected chi connectivity index (χ0v) is 26.1. The Labute approximate surface area is 252 Å². The highest BCUT2D eigenvalue weighted by molar-refractivity contribution is 7.92. The fourth-order valence-electron chi connectivity index (χ4n) is 4.38. The van der Waals surface area contributed by atoms with Crippen molar-refractivity contribution in [3.05, 3.63) is 87.9 Å². The first-order chi connectivity index (χ1) is 19.4. The van der Waals surface area contributed by atoms with E-state index in [2.05, 4.69) is 5.32 Å². The normalized spacial score (nSPS) is 12.1. The summed E-state index contributed by atoms with van der Waals surface area (Å²) < 4.78 is 34.6. The van der Waals surface area contributed by atoms with Crippen LogP contribution in [0.2, 0.25) is 10.0 Å². The molecule has 41 heavy (non-hydrogen) atoms. The van der Waals surface area contributed by atoms with Gasteiger partial charge in [0.1, 0.15) is 18.3 Å². The number of methoxy groups -OCH3 is 1. The van der Waals surface area contributed by atoms with E-state index in [4.69, 9.17) is 27.9 Å². The number of carbonyl (C=O) groups excluding carboxylic acids is 2. The molecule has 3 aromatic carbocycles. The average Bonchev–Trinajstić information content (AvgIpc) is 2.93. The van der Waals surface area contributed by atoms with Gasteiger partial charge in [0.15, 0.2) is 0 Å². The Kier molecular flexibility index (Phi) is 11.1. The first-order valence-corrected chi connectivity index (χ1v) is 15.3. The molecule has 0 bridgehead atoms. The van der Waals surface area contributed by atoms with E-state index in [1.807, 2.05) is 20.8 Å². The van der Waals surface area contributed by atoms with Gasteiger partial charge >= 0.3 is 0 Å². The van der Waals surface area contributed by atoms with Gasteiger partial charge in [0, 0.05) is 28.2 Å². The van der Waals surface area contributed by atoms with Crippen LogP contribution in [0.1, 0.15) is 38.3 Å². The van der Waals surface area contributed by atoms with Crippen LogP contribution in [0.4, 0.5) is 5.69 Å². The summed E-state index contributed by atoms with van der Waals surface area (Å²) in [5, 5.41) is 3.51. The van der Waals surface area contributed by atoms with E-state index in [9.17, 15) is 18.0 Å². The molecule has 8 nitrogen and oxygen atoms in total. The van der Waals surface area contributed by atoms with Crippen LogP contribution in [0, 0.1) is 6.92 Å². The van der Waals surface area contributed by atoms with Crippen molar-refractivity contribution >= 4 is 50.7 Å². The van der Waals surface area contributed by atoms with Crippen LogP contribution in [0.15, 0.2) is 71.6 Å². The van der Waals surface area contributed by atoms with Crippen molar-refractivity contribution in [3.8, 4) is 5.75 Å². The molecule has 0 saturated carbocycles. The molecule has 0 saturated heterocycles. The summed E-state index contributed by atoms with van der Waals surface area (Å²) in [5.41, 5.74) is 1.41. The van der Waals surface area contributed by atoms with E-state index in [0.29, 0.717) is 15.6 Å². The number of nitrogens with zero attached hydrogens (tertiary/aromatic N) is 2. The van der Waals surface area contributed by atoms with Gasteiger partial charge in [0.2, 0.25) is 11.8 Å². The highest BCUT2D eigenvalue weighted by Crippen LogP contribution is 2.34. The molecule has 11 heteroatoms. The smallest absolute Gasteiger partial charge is 0.264 e. The number of nitrogens with one attached hydrogen (secondary N) is 1. The maximum absolute atomic E-state index is 14.2. The van der Waals surface area contributed by atoms with Crippen molar-refractivity contribution in [1.82, 2.24) is 10.2 Å². The minimum absolute atomic E-state index is 0.00153. The molecule has 0 radical (unpaired) electrons. The van der Waals surface area contributed by atoms with Crippen molar-refractivity contribution in [2.75, 3.05) is 18.0 Å². The second-order valence-corrected chi connectivity index (χ2v) is 12.5. The summed E-state index contributed by atoms with van der Waals surface area (Å²) in [6.07, 6.45) is 0.269. The largest absolute Gasteiger partial charge is 0.495 e. The van der Waals surface area contributed by atoms with Crippen LogP contribution < -0.4 is 14.4 Å². The number of aryl methyl sites for hydroxylation is 1. The zero-order chi connectivity index (χ0) is 30.3. The van der Waals surface area contributed by atoms with Crippen molar-refractivity contribution in [2.24, 2.45) is 0 Å². The van der Waals surface area contributed by atoms with Crippen LogP contribution >= 0.6 is 23.2 Å². The van der Waals surface area contributed by atoms with Gasteiger partial charge in [-0.25, -0.2) is 8.42 Å². The summed E-state index contributed by atoms with van der Waals surface area (Å²) in [7, 11) is -2.81. The second-order valence-electron chi connectivity index (χ2n) is 9.81. The van der Waals surface area contributed by atoms with Crippen LogP contribution in [0.5, 0.6) is 5.75 Å². The highest BCUT2D eigenvalue weighted by Gasteiger charge is 2.35. The Balaban J connectivity index is 2.16. The van der Waals surface area contributed by atoms with Crippen LogP contribution in [0.3, 0.4) is 0 Å². The maximum atomic E-state index is 14.2. The number of rotatable bonds is 12. The van der Waals surface area contributed by atoms with Gasteiger partial charge in [-0.1, -0.05) is 60.5 Å². The minimum atomic E-state index is -4.24. The van der Waals surface area contributed by atoms with Gasteiger partial charge in [0.05, 0.1) is 17.7 Å². The van der Waals surface area contributed by atoms with E-state index in [1.54, 1.807) is 61.5 Å². The van der Waals surface area contributed by atoms with E-state index < -0.39 is 28.5 Å². The van der Waals surface area contributed by atoms with E-state index in [1.165, 1.54) is 24.1 Å². The van der Waals surface area contributed by atoms with Gasteiger partial charge in [-0.15, -0.1) is 0 Å². The summed E-state index contributed by atoms with van der Waals surface area (Å²) in [5.74, 6) is -0.715. The molecule has 0 heterocycles. The number of hydrogen-bond donors (Lipinski definition) is 1. The number of amides is 2. The molecular formula is C30H35Cl2N3O5S. The number of carbonyl (C=O) groups is 2. The lowest BCUT2D eigenvalue weighted by Crippen LogP contribution is -2.53. The van der Waals surface area contributed by atoms with E-state index >= 15 is 0 Å². The number of halogens is 2. The third kappa shape index (κ3) is 7.72. The molecule has 0 spiro atoms. The van der Waals surface area contributed by atoms with Crippen molar-refractivity contribution < 1.29 is 22.7 Å². The Morgan fingerprint density at radius 1 is 0.976 bits per heavy atom. The first-order valence-electron chi connectivity index (χ1n) is 13.2. The van der Waals surface area contributed by atoms with E-state index in [-0.39, 0.29) is 41.2 Å². The molecule has 3 aromatic rings. The molecule has 0 aliphatic rings. The molecule has 0 aliphatic heterocycles. The Bertz CT molecular complexity index is 1460. The molecule has 1 atom stereocenters. The lowest BCUT2D eigenvalue weighted by atomic mass is 10.1. The standard InChI is InChI=1S/C30H35Cl2N3O5S/c1-6-26(30(37)33-20(2)3)34(18-23-24(31)13-10-14-25(23)32)29(36)19-35(27-17-21(4)15-16-28(27)40-5)41(38,39)22-11-8-7-9-12-22/h7-17,20,26H,6,18-19H2,1-5H3,(H,33,37). The maximum Gasteiger partial charge on any atom is 0.264 e. The van der Waals surface area contributed by atoms with Crippen LogP contribution in [0.25, 0.3) is 0 Å². The number of sulfonamides is 1. The first kappa shape index (κ1) is 32.2. The van der Waals surface area contributed by atoms with E-state index in [0.717, 1.165) is 9.87 Å². The molecule has 0 fully saturated rings. The third-order valence-electron chi connectivity index (χ3n) is 6.42. The monoisotopic (exact) mass is 619 g/mol. The molecular weight excluding hydrogens is 585 g/mol.